The number of carbonyl (C=O) groups is 1. The van der Waals surface area contributed by atoms with Gasteiger partial charge in [0.1, 0.15) is 0 Å². The van der Waals surface area contributed by atoms with Crippen LogP contribution in [0.25, 0.3) is 0 Å². The lowest BCUT2D eigenvalue weighted by atomic mass is 9.91. The van der Waals surface area contributed by atoms with Gasteiger partial charge in [0.15, 0.2) is 0 Å². The van der Waals surface area contributed by atoms with Crippen LogP contribution in [0.2, 0.25) is 0 Å². The molecule has 0 heterocycles. The van der Waals surface area contributed by atoms with Gasteiger partial charge in [0.25, 0.3) is 0 Å². The van der Waals surface area contributed by atoms with E-state index in [0.29, 0.717) is 17.4 Å². The smallest absolute Gasteiger partial charge is 0.330 e. The lowest BCUT2D eigenvalue weighted by molar-refractivity contribution is -0.132. The van der Waals surface area contributed by atoms with Gasteiger partial charge in [-0.1, -0.05) is 110 Å². The van der Waals surface area contributed by atoms with E-state index in [1.165, 1.54) is 96.3 Å². The zero-order chi connectivity index (χ0) is 21.7. The molecule has 170 valence electrons. The average Bonchev–Trinajstić information content (AvgIpc) is 2.67. The molecule has 2 nitrogen and oxygen atoms in total. The summed E-state index contributed by atoms with van der Waals surface area (Å²) in [6.45, 7) is 8.40. The minimum absolute atomic E-state index is 0.357. The summed E-state index contributed by atoms with van der Waals surface area (Å²) in [6, 6.07) is 0. The second kappa shape index (κ2) is 20.2. The first-order chi connectivity index (χ1) is 14.0. The highest BCUT2D eigenvalue weighted by Gasteiger charge is 2.09. The molecule has 0 bridgehead atoms. The average molecular weight is 407 g/mol. The first-order valence-electron chi connectivity index (χ1n) is 12.5. The Morgan fingerprint density at radius 2 is 1.28 bits per heavy atom. The molecule has 0 aliphatic heterocycles. The second-order valence-electron chi connectivity index (χ2n) is 9.20. The Bertz CT molecular complexity index is 436. The Morgan fingerprint density at radius 3 is 1.79 bits per heavy atom. The van der Waals surface area contributed by atoms with Crippen molar-refractivity contribution < 1.29 is 9.90 Å². The number of rotatable bonds is 20. The van der Waals surface area contributed by atoms with Crippen LogP contribution < -0.4 is 0 Å². The molecule has 0 aromatic rings. The van der Waals surface area contributed by atoms with E-state index in [1.54, 1.807) is 6.92 Å². The van der Waals surface area contributed by atoms with Crippen molar-refractivity contribution in [2.75, 3.05) is 0 Å². The maximum absolute atomic E-state index is 10.9. The standard InChI is InChI=1S/C27H50O2/c1-5-6-7-8-9-10-11-12-13-14-15-16-17-18-19-20-21-24(2)22-25(3)23-26(4)27(28)29/h12-13,23-25H,5-11,14-22H2,1-4H3,(H,28,29)/b13-12-,26-23+/t24-,25-/m0/s1. The molecule has 0 aliphatic carbocycles. The normalized spacial score (nSPS) is 14.4. The van der Waals surface area contributed by atoms with E-state index in [0.717, 1.165) is 6.42 Å². The van der Waals surface area contributed by atoms with E-state index in [4.69, 9.17) is 5.11 Å². The molecule has 0 saturated carbocycles. The molecule has 0 radical (unpaired) electrons. The van der Waals surface area contributed by atoms with Crippen LogP contribution in [-0.2, 0) is 4.79 Å². The highest BCUT2D eigenvalue weighted by Crippen LogP contribution is 2.21. The third-order valence-electron chi connectivity index (χ3n) is 5.85. The number of unbranched alkanes of at least 4 members (excludes halogenated alkanes) is 12. The first-order valence-corrected chi connectivity index (χ1v) is 12.5. The highest BCUT2D eigenvalue weighted by molar-refractivity contribution is 5.85. The van der Waals surface area contributed by atoms with E-state index < -0.39 is 5.97 Å². The van der Waals surface area contributed by atoms with E-state index >= 15 is 0 Å². The van der Waals surface area contributed by atoms with Crippen LogP contribution >= 0.6 is 0 Å². The largest absolute Gasteiger partial charge is 0.478 e. The summed E-state index contributed by atoms with van der Waals surface area (Å²) in [5, 5.41) is 8.95. The van der Waals surface area contributed by atoms with Gasteiger partial charge in [-0.25, -0.2) is 4.79 Å². The van der Waals surface area contributed by atoms with Crippen LogP contribution in [0.1, 0.15) is 130 Å². The molecule has 0 aromatic carbocycles. The van der Waals surface area contributed by atoms with Crippen LogP contribution in [0, 0.1) is 11.8 Å². The van der Waals surface area contributed by atoms with Crippen LogP contribution in [-0.4, -0.2) is 11.1 Å². The molecule has 0 saturated heterocycles. The van der Waals surface area contributed by atoms with Crippen molar-refractivity contribution in [3.05, 3.63) is 23.8 Å². The van der Waals surface area contributed by atoms with Crippen molar-refractivity contribution in [3.8, 4) is 0 Å². The van der Waals surface area contributed by atoms with Crippen LogP contribution in [0.5, 0.6) is 0 Å². The topological polar surface area (TPSA) is 37.3 Å². The predicted octanol–water partition coefficient (Wildman–Crippen LogP) is 9.11. The monoisotopic (exact) mass is 406 g/mol. The fourth-order valence-electron chi connectivity index (χ4n) is 4.06. The maximum Gasteiger partial charge on any atom is 0.330 e. The third-order valence-corrected chi connectivity index (χ3v) is 5.85. The van der Waals surface area contributed by atoms with E-state index in [-0.39, 0.29) is 0 Å². The molecular formula is C27H50O2. The van der Waals surface area contributed by atoms with Gasteiger partial charge in [-0.05, 0) is 50.9 Å². The molecule has 0 rings (SSSR count). The molecule has 0 aromatic heterocycles. The summed E-state index contributed by atoms with van der Waals surface area (Å²) in [4.78, 5) is 10.9. The van der Waals surface area contributed by atoms with Gasteiger partial charge in [0.05, 0.1) is 0 Å². The molecule has 2 heteroatoms. The Hall–Kier alpha value is -1.05. The molecule has 1 N–H and O–H groups in total. The van der Waals surface area contributed by atoms with Crippen molar-refractivity contribution in [2.24, 2.45) is 11.8 Å². The fourth-order valence-corrected chi connectivity index (χ4v) is 4.06. The number of hydrogen-bond acceptors (Lipinski definition) is 1. The first kappa shape index (κ1) is 27.9. The van der Waals surface area contributed by atoms with Gasteiger partial charge in [-0.2, -0.15) is 0 Å². The van der Waals surface area contributed by atoms with Gasteiger partial charge in [-0.15, -0.1) is 0 Å². The van der Waals surface area contributed by atoms with Gasteiger partial charge < -0.3 is 5.11 Å². The Balaban J connectivity index is 3.43. The van der Waals surface area contributed by atoms with Crippen LogP contribution in [0.4, 0.5) is 0 Å². The van der Waals surface area contributed by atoms with Gasteiger partial charge in [-0.3, -0.25) is 0 Å². The van der Waals surface area contributed by atoms with Crippen molar-refractivity contribution in [1.82, 2.24) is 0 Å². The van der Waals surface area contributed by atoms with E-state index in [9.17, 15) is 4.79 Å². The third kappa shape index (κ3) is 20.0. The SMILES string of the molecule is CCCCCCCC/C=C\CCCCCCCC[C@H](C)C[C@H](C)/C=C(\C)C(=O)O. The Morgan fingerprint density at radius 1 is 0.793 bits per heavy atom. The van der Waals surface area contributed by atoms with Gasteiger partial charge in [0.2, 0.25) is 0 Å². The zero-order valence-corrected chi connectivity index (χ0v) is 20.1. The molecule has 0 fully saturated rings. The van der Waals surface area contributed by atoms with E-state index in [2.05, 4.69) is 32.9 Å². The second-order valence-corrected chi connectivity index (χ2v) is 9.20. The van der Waals surface area contributed by atoms with Crippen molar-refractivity contribution in [3.63, 3.8) is 0 Å². The molecule has 2 atom stereocenters. The Labute approximate surface area is 182 Å². The summed E-state index contributed by atoms with van der Waals surface area (Å²) in [7, 11) is 0. The minimum atomic E-state index is -0.794. The van der Waals surface area contributed by atoms with E-state index in [1.807, 2.05) is 6.08 Å². The predicted molar refractivity (Wildman–Crippen MR) is 128 cm³/mol. The van der Waals surface area contributed by atoms with Crippen LogP contribution in [0.3, 0.4) is 0 Å². The fraction of sp³-hybridized carbons (Fsp3) is 0.815. The summed E-state index contributed by atoms with van der Waals surface area (Å²) >= 11 is 0. The summed E-state index contributed by atoms with van der Waals surface area (Å²) < 4.78 is 0. The van der Waals surface area contributed by atoms with Gasteiger partial charge >= 0.3 is 5.97 Å². The molecule has 0 amide bonds. The lowest BCUT2D eigenvalue weighted by Gasteiger charge is -2.15. The number of aliphatic carboxylic acids is 1. The highest BCUT2D eigenvalue weighted by atomic mass is 16.4. The van der Waals surface area contributed by atoms with Crippen molar-refractivity contribution in [2.45, 2.75) is 130 Å². The number of hydrogen-bond donors (Lipinski definition) is 1. The molecule has 0 spiro atoms. The van der Waals surface area contributed by atoms with Crippen LogP contribution in [0.15, 0.2) is 23.8 Å². The Kier molecular flexibility index (Phi) is 19.5. The summed E-state index contributed by atoms with van der Waals surface area (Å²) in [5.41, 5.74) is 0.474. The molecular weight excluding hydrogens is 356 g/mol. The molecule has 0 unspecified atom stereocenters. The molecule has 0 aliphatic rings. The lowest BCUT2D eigenvalue weighted by Crippen LogP contribution is -2.04. The van der Waals surface area contributed by atoms with Crippen molar-refractivity contribution >= 4 is 5.97 Å². The minimum Gasteiger partial charge on any atom is -0.478 e. The summed E-state index contributed by atoms with van der Waals surface area (Å²) in [5.74, 6) is 0.243. The van der Waals surface area contributed by atoms with Crippen molar-refractivity contribution in [1.29, 1.82) is 0 Å². The quantitative estimate of drug-likeness (QED) is 0.124. The number of carboxylic acid groups (broad SMARTS) is 1. The summed E-state index contributed by atoms with van der Waals surface area (Å²) in [6.07, 6.45) is 28.0. The van der Waals surface area contributed by atoms with Gasteiger partial charge in [0, 0.05) is 5.57 Å². The number of carboxylic acids is 1. The maximum atomic E-state index is 10.9. The molecule has 29 heavy (non-hydrogen) atoms. The zero-order valence-electron chi connectivity index (χ0n) is 20.1. The number of allylic oxidation sites excluding steroid dienone is 3.